The van der Waals surface area contributed by atoms with Gasteiger partial charge in [0.25, 0.3) is 5.91 Å². The van der Waals surface area contributed by atoms with E-state index < -0.39 is 0 Å². The first-order valence-electron chi connectivity index (χ1n) is 8.84. The van der Waals surface area contributed by atoms with Gasteiger partial charge in [-0.25, -0.2) is 0 Å². The monoisotopic (exact) mass is 408 g/mol. The number of benzene rings is 2. The number of ether oxygens (including phenoxy) is 2. The summed E-state index contributed by atoms with van der Waals surface area (Å²) < 4.78 is 10.9. The van der Waals surface area contributed by atoms with Crippen molar-refractivity contribution in [1.29, 1.82) is 0 Å². The van der Waals surface area contributed by atoms with Gasteiger partial charge < -0.3 is 14.8 Å². The fraction of sp³-hybridized carbons (Fsp3) is 0.350. The normalized spacial score (nSPS) is 15.9. The summed E-state index contributed by atoms with van der Waals surface area (Å²) in [5, 5.41) is 3.98. The summed E-state index contributed by atoms with van der Waals surface area (Å²) in [6, 6.07) is 14.7. The van der Waals surface area contributed by atoms with Crippen LogP contribution in [0.3, 0.4) is 0 Å². The van der Waals surface area contributed by atoms with Crippen molar-refractivity contribution in [3.63, 3.8) is 0 Å². The van der Waals surface area contributed by atoms with Gasteiger partial charge in [0.2, 0.25) is 0 Å². The first-order valence-corrected chi connectivity index (χ1v) is 9.59. The molecule has 7 heteroatoms. The minimum Gasteiger partial charge on any atom is -0.482 e. The number of hydrogen-bond acceptors (Lipinski definition) is 4. The summed E-state index contributed by atoms with van der Waals surface area (Å²) in [6.45, 7) is 3.73. The van der Waals surface area contributed by atoms with Crippen LogP contribution in [0.5, 0.6) is 5.75 Å². The highest BCUT2D eigenvalue weighted by atomic mass is 35.5. The number of nitrogens with zero attached hydrogens (tertiary/aromatic N) is 1. The van der Waals surface area contributed by atoms with E-state index in [-0.39, 0.29) is 18.6 Å². The molecule has 0 unspecified atom stereocenters. The van der Waals surface area contributed by atoms with Crippen LogP contribution in [0.1, 0.15) is 11.6 Å². The van der Waals surface area contributed by atoms with E-state index in [1.807, 2.05) is 30.3 Å². The Morgan fingerprint density at radius 2 is 1.89 bits per heavy atom. The summed E-state index contributed by atoms with van der Waals surface area (Å²) in [5.74, 6) is 0.178. The fourth-order valence-corrected chi connectivity index (χ4v) is 3.26. The maximum Gasteiger partial charge on any atom is 0.258 e. The van der Waals surface area contributed by atoms with E-state index in [9.17, 15) is 4.79 Å². The number of carbonyl (C=O) groups is 1. The molecule has 0 saturated carbocycles. The van der Waals surface area contributed by atoms with Crippen molar-refractivity contribution in [3.8, 4) is 5.75 Å². The zero-order valence-electron chi connectivity index (χ0n) is 14.9. The van der Waals surface area contributed by atoms with Gasteiger partial charge in [-0.2, -0.15) is 0 Å². The van der Waals surface area contributed by atoms with Gasteiger partial charge in [0.15, 0.2) is 6.61 Å². The smallest absolute Gasteiger partial charge is 0.258 e. The zero-order valence-corrected chi connectivity index (χ0v) is 16.4. The molecule has 1 amide bonds. The molecule has 0 bridgehead atoms. The summed E-state index contributed by atoms with van der Waals surface area (Å²) in [5.41, 5.74) is 1.05. The van der Waals surface area contributed by atoms with Gasteiger partial charge in [0.05, 0.1) is 24.3 Å². The number of morpholine rings is 1. The molecule has 1 aliphatic heterocycles. The lowest BCUT2D eigenvalue weighted by Crippen LogP contribution is -2.44. The van der Waals surface area contributed by atoms with Gasteiger partial charge >= 0.3 is 0 Å². The second-order valence-corrected chi connectivity index (χ2v) is 7.15. The third-order valence-corrected chi connectivity index (χ3v) is 4.88. The lowest BCUT2D eigenvalue weighted by molar-refractivity contribution is -0.124. The summed E-state index contributed by atoms with van der Waals surface area (Å²) in [4.78, 5) is 14.8. The molecule has 2 aromatic rings. The topological polar surface area (TPSA) is 50.8 Å². The third kappa shape index (κ3) is 6.11. The van der Waals surface area contributed by atoms with E-state index >= 15 is 0 Å². The Bertz CT molecular complexity index is 752. The highest BCUT2D eigenvalue weighted by Gasteiger charge is 2.20. The van der Waals surface area contributed by atoms with E-state index in [2.05, 4.69) is 10.2 Å². The first-order chi connectivity index (χ1) is 13.1. The van der Waals surface area contributed by atoms with Crippen LogP contribution in [0.25, 0.3) is 0 Å². The molecule has 1 heterocycles. The summed E-state index contributed by atoms with van der Waals surface area (Å²) in [7, 11) is 0. The molecule has 0 spiro atoms. The number of amides is 1. The summed E-state index contributed by atoms with van der Waals surface area (Å²) in [6.07, 6.45) is 0. The lowest BCUT2D eigenvalue weighted by atomic mass is 10.1. The SMILES string of the molecule is O=C(COc1cc(Cl)ccc1Cl)N[C@@H](CN1CCOCC1)c1ccccc1. The van der Waals surface area contributed by atoms with Crippen LogP contribution in [-0.2, 0) is 9.53 Å². The molecular formula is C20H22Cl2N2O3. The van der Waals surface area contributed by atoms with Gasteiger partial charge in [0, 0.05) is 30.7 Å². The summed E-state index contributed by atoms with van der Waals surface area (Å²) >= 11 is 12.0. The highest BCUT2D eigenvalue weighted by molar-refractivity contribution is 6.34. The van der Waals surface area contributed by atoms with Crippen molar-refractivity contribution in [3.05, 3.63) is 64.1 Å². The van der Waals surface area contributed by atoms with Crippen LogP contribution in [0.4, 0.5) is 0 Å². The maximum absolute atomic E-state index is 12.5. The molecule has 27 heavy (non-hydrogen) atoms. The molecule has 0 aliphatic carbocycles. The van der Waals surface area contributed by atoms with Gasteiger partial charge in [-0.3, -0.25) is 9.69 Å². The van der Waals surface area contributed by atoms with Crippen LogP contribution < -0.4 is 10.1 Å². The van der Waals surface area contributed by atoms with Crippen LogP contribution >= 0.6 is 23.2 Å². The third-order valence-electron chi connectivity index (χ3n) is 4.33. The van der Waals surface area contributed by atoms with E-state index in [4.69, 9.17) is 32.7 Å². The Hall–Kier alpha value is -1.79. The number of nitrogens with one attached hydrogen (secondary N) is 1. The molecule has 1 saturated heterocycles. The van der Waals surface area contributed by atoms with E-state index in [1.165, 1.54) is 0 Å². The van der Waals surface area contributed by atoms with Crippen molar-refractivity contribution in [1.82, 2.24) is 10.2 Å². The largest absolute Gasteiger partial charge is 0.482 e. The molecule has 0 aromatic heterocycles. The molecule has 2 aromatic carbocycles. The van der Waals surface area contributed by atoms with Crippen LogP contribution in [0.2, 0.25) is 10.0 Å². The van der Waals surface area contributed by atoms with Gasteiger partial charge in [-0.05, 0) is 17.7 Å². The van der Waals surface area contributed by atoms with Gasteiger partial charge in [-0.15, -0.1) is 0 Å². The first kappa shape index (κ1) is 20.0. The predicted molar refractivity (Wildman–Crippen MR) is 107 cm³/mol. The van der Waals surface area contributed by atoms with Crippen molar-refractivity contribution in [2.45, 2.75) is 6.04 Å². The fourth-order valence-electron chi connectivity index (χ4n) is 2.93. The average Bonchev–Trinajstić information content (AvgIpc) is 2.69. The maximum atomic E-state index is 12.5. The van der Waals surface area contributed by atoms with E-state index in [0.717, 1.165) is 25.2 Å². The Kier molecular flexibility index (Phi) is 7.35. The molecule has 144 valence electrons. The van der Waals surface area contributed by atoms with Crippen LogP contribution in [0, 0.1) is 0 Å². The van der Waals surface area contributed by atoms with Crippen molar-refractivity contribution in [2.24, 2.45) is 0 Å². The average molecular weight is 409 g/mol. The number of rotatable bonds is 7. The van der Waals surface area contributed by atoms with Gasteiger partial charge in [-0.1, -0.05) is 53.5 Å². The highest BCUT2D eigenvalue weighted by Crippen LogP contribution is 2.27. The molecule has 1 fully saturated rings. The van der Waals surface area contributed by atoms with Crippen LogP contribution in [-0.4, -0.2) is 50.3 Å². The van der Waals surface area contributed by atoms with E-state index in [0.29, 0.717) is 29.0 Å². The Balaban J connectivity index is 1.62. The second kappa shape index (κ2) is 9.95. The Morgan fingerprint density at radius 1 is 1.15 bits per heavy atom. The quantitative estimate of drug-likeness (QED) is 0.760. The Labute approximate surface area is 169 Å². The number of halogens is 2. The number of hydrogen-bond donors (Lipinski definition) is 1. The van der Waals surface area contributed by atoms with Crippen molar-refractivity contribution in [2.75, 3.05) is 39.5 Å². The standard InChI is InChI=1S/C20H22Cl2N2O3/c21-16-6-7-17(22)19(12-16)27-14-20(25)23-18(15-4-2-1-3-5-15)13-24-8-10-26-11-9-24/h1-7,12,18H,8-11,13-14H2,(H,23,25)/t18-/m0/s1. The van der Waals surface area contributed by atoms with Crippen molar-refractivity contribution < 1.29 is 14.3 Å². The minimum absolute atomic E-state index is 0.129. The lowest BCUT2D eigenvalue weighted by Gasteiger charge is -2.31. The predicted octanol–water partition coefficient (Wildman–Crippen LogP) is 3.56. The molecule has 0 radical (unpaired) electrons. The molecule has 3 rings (SSSR count). The minimum atomic E-state index is -0.215. The van der Waals surface area contributed by atoms with Crippen LogP contribution in [0.15, 0.2) is 48.5 Å². The molecule has 1 atom stereocenters. The van der Waals surface area contributed by atoms with Crippen molar-refractivity contribution >= 4 is 29.1 Å². The molecule has 1 N–H and O–H groups in total. The zero-order chi connectivity index (χ0) is 19.1. The van der Waals surface area contributed by atoms with E-state index in [1.54, 1.807) is 18.2 Å². The molecular weight excluding hydrogens is 387 g/mol. The number of carbonyl (C=O) groups excluding carboxylic acids is 1. The molecule has 1 aliphatic rings. The molecule has 5 nitrogen and oxygen atoms in total. The van der Waals surface area contributed by atoms with Gasteiger partial charge in [0.1, 0.15) is 5.75 Å². The second-order valence-electron chi connectivity index (χ2n) is 6.31. The Morgan fingerprint density at radius 3 is 2.63 bits per heavy atom.